The van der Waals surface area contributed by atoms with Crippen LogP contribution in [0.5, 0.6) is 0 Å². The fourth-order valence-electron chi connectivity index (χ4n) is 6.55. The second kappa shape index (κ2) is 41.6. The van der Waals surface area contributed by atoms with Crippen molar-refractivity contribution in [1.82, 2.24) is 0 Å². The van der Waals surface area contributed by atoms with Crippen molar-refractivity contribution in [2.75, 3.05) is 47.5 Å². The quantitative estimate of drug-likeness (QED) is 0.0196. The van der Waals surface area contributed by atoms with E-state index < -0.39 is 32.5 Å². The Morgan fingerprint density at radius 2 is 0.898 bits per heavy atom. The molecule has 0 radical (unpaired) electrons. The Hall–Kier alpha value is -1.77. The number of rotatable bonds is 44. The molecule has 2 atom stereocenters. The molecule has 346 valence electrons. The van der Waals surface area contributed by atoms with Gasteiger partial charge in [-0.05, 0) is 70.6 Å². The van der Waals surface area contributed by atoms with E-state index in [4.69, 9.17) is 18.5 Å². The maximum absolute atomic E-state index is 12.7. The molecular weight excluding hydrogens is 762 g/mol. The van der Waals surface area contributed by atoms with Gasteiger partial charge in [-0.25, -0.2) is 0 Å². The van der Waals surface area contributed by atoms with Gasteiger partial charge in [-0.2, -0.15) is 0 Å². The van der Waals surface area contributed by atoms with Crippen molar-refractivity contribution in [1.29, 1.82) is 0 Å². The number of unbranched alkanes of at least 4 members (excludes halogenated alkanes) is 24. The van der Waals surface area contributed by atoms with E-state index in [2.05, 4.69) is 50.3 Å². The van der Waals surface area contributed by atoms with Crippen molar-refractivity contribution < 1.29 is 42.1 Å². The third kappa shape index (κ3) is 45.6. The normalized spacial score (nSPS) is 13.8. The van der Waals surface area contributed by atoms with Crippen LogP contribution in [0.3, 0.4) is 0 Å². The van der Waals surface area contributed by atoms with Crippen LogP contribution in [0.1, 0.15) is 213 Å². The molecule has 0 aliphatic heterocycles. The average Bonchev–Trinajstić information content (AvgIpc) is 3.19. The van der Waals surface area contributed by atoms with Crippen LogP contribution in [0.25, 0.3) is 0 Å². The minimum Gasteiger partial charge on any atom is -0.756 e. The highest BCUT2D eigenvalue weighted by Crippen LogP contribution is 2.38. The summed E-state index contributed by atoms with van der Waals surface area (Å²) in [7, 11) is 1.14. The number of carbonyl (C=O) groups is 2. The second-order valence-electron chi connectivity index (χ2n) is 17.5. The number of likely N-dealkylation sites (N-methyl/N-ethyl adjacent to an activating group) is 1. The maximum Gasteiger partial charge on any atom is 0.306 e. The molecule has 0 fully saturated rings. The fourth-order valence-corrected chi connectivity index (χ4v) is 7.28. The van der Waals surface area contributed by atoms with E-state index >= 15 is 0 Å². The van der Waals surface area contributed by atoms with Crippen LogP contribution >= 0.6 is 7.82 Å². The van der Waals surface area contributed by atoms with Crippen molar-refractivity contribution in [2.24, 2.45) is 0 Å². The molecule has 0 spiro atoms. The molecular formula is C49H92NO8P. The predicted octanol–water partition coefficient (Wildman–Crippen LogP) is 13.5. The predicted molar refractivity (Wildman–Crippen MR) is 245 cm³/mol. The van der Waals surface area contributed by atoms with Crippen LogP contribution in [0, 0.1) is 0 Å². The van der Waals surface area contributed by atoms with Crippen molar-refractivity contribution in [3.8, 4) is 0 Å². The van der Waals surface area contributed by atoms with E-state index in [1.54, 1.807) is 0 Å². The van der Waals surface area contributed by atoms with Gasteiger partial charge >= 0.3 is 11.9 Å². The first-order valence-electron chi connectivity index (χ1n) is 24.2. The molecule has 0 aliphatic rings. The second-order valence-corrected chi connectivity index (χ2v) is 18.9. The maximum atomic E-state index is 12.7. The SMILES string of the molecule is CCCCC/C=C/CCCCCCCC(=O)O[C@@H](COC(=O)CCC/C=C/CC/C=C/CCCCCCCCCCCCCCCC)COP(=O)([O-])OCC[N+](C)(C)C. The van der Waals surface area contributed by atoms with E-state index in [9.17, 15) is 19.0 Å². The Morgan fingerprint density at radius 1 is 0.508 bits per heavy atom. The zero-order valence-electron chi connectivity index (χ0n) is 39.0. The van der Waals surface area contributed by atoms with Gasteiger partial charge in [0.15, 0.2) is 6.10 Å². The summed E-state index contributed by atoms with van der Waals surface area (Å²) >= 11 is 0. The molecule has 9 nitrogen and oxygen atoms in total. The highest BCUT2D eigenvalue weighted by molar-refractivity contribution is 7.45. The lowest BCUT2D eigenvalue weighted by Crippen LogP contribution is -2.37. The van der Waals surface area contributed by atoms with Crippen LogP contribution in [-0.4, -0.2) is 70.0 Å². The van der Waals surface area contributed by atoms with Gasteiger partial charge in [0.1, 0.15) is 19.8 Å². The number of esters is 2. The first-order chi connectivity index (χ1) is 28.5. The Bertz CT molecular complexity index is 1100. The number of hydrogen-bond acceptors (Lipinski definition) is 8. The van der Waals surface area contributed by atoms with Crippen molar-refractivity contribution in [3.63, 3.8) is 0 Å². The van der Waals surface area contributed by atoms with Gasteiger partial charge < -0.3 is 27.9 Å². The molecule has 0 aliphatic carbocycles. The Morgan fingerprint density at radius 3 is 1.39 bits per heavy atom. The number of quaternary nitrogens is 1. The minimum atomic E-state index is -4.63. The molecule has 0 amide bonds. The minimum absolute atomic E-state index is 0.0380. The largest absolute Gasteiger partial charge is 0.756 e. The first kappa shape index (κ1) is 57.2. The average molecular weight is 854 g/mol. The molecule has 0 aromatic rings. The van der Waals surface area contributed by atoms with Gasteiger partial charge in [0.2, 0.25) is 0 Å². The number of allylic oxidation sites excluding steroid dienone is 6. The summed E-state index contributed by atoms with van der Waals surface area (Å²) in [6.45, 7) is 4.16. The van der Waals surface area contributed by atoms with Crippen LogP contribution in [0.2, 0.25) is 0 Å². The van der Waals surface area contributed by atoms with Crippen molar-refractivity contribution in [3.05, 3.63) is 36.5 Å². The van der Waals surface area contributed by atoms with Gasteiger partial charge in [-0.15, -0.1) is 0 Å². The smallest absolute Gasteiger partial charge is 0.306 e. The number of carbonyl (C=O) groups excluding carboxylic acids is 2. The third-order valence-electron chi connectivity index (χ3n) is 10.4. The Kier molecular flexibility index (Phi) is 40.3. The monoisotopic (exact) mass is 854 g/mol. The molecule has 59 heavy (non-hydrogen) atoms. The van der Waals surface area contributed by atoms with E-state index in [0.717, 1.165) is 64.2 Å². The Labute approximate surface area is 363 Å². The van der Waals surface area contributed by atoms with Crippen LogP contribution in [0.15, 0.2) is 36.5 Å². The summed E-state index contributed by atoms with van der Waals surface area (Å²) in [6.07, 6.45) is 47.7. The molecule has 0 saturated heterocycles. The van der Waals surface area contributed by atoms with Gasteiger partial charge in [0.05, 0.1) is 27.7 Å². The first-order valence-corrected chi connectivity index (χ1v) is 25.7. The lowest BCUT2D eigenvalue weighted by molar-refractivity contribution is -0.870. The summed E-state index contributed by atoms with van der Waals surface area (Å²) in [5, 5.41) is 0. The number of nitrogens with zero attached hydrogens (tertiary/aromatic N) is 1. The van der Waals surface area contributed by atoms with Crippen LogP contribution in [-0.2, 0) is 32.7 Å². The number of hydrogen-bond donors (Lipinski definition) is 0. The highest BCUT2D eigenvalue weighted by atomic mass is 31.2. The lowest BCUT2D eigenvalue weighted by Gasteiger charge is -2.28. The fraction of sp³-hybridized carbons (Fsp3) is 0.837. The molecule has 0 heterocycles. The van der Waals surface area contributed by atoms with Crippen molar-refractivity contribution >= 4 is 19.8 Å². The summed E-state index contributed by atoms with van der Waals surface area (Å²) < 4.78 is 33.9. The molecule has 0 bridgehead atoms. The number of phosphoric acid groups is 1. The summed E-state index contributed by atoms with van der Waals surface area (Å²) in [6, 6.07) is 0. The lowest BCUT2D eigenvalue weighted by atomic mass is 10.0. The van der Waals surface area contributed by atoms with Crippen LogP contribution in [0.4, 0.5) is 0 Å². The van der Waals surface area contributed by atoms with Crippen molar-refractivity contribution in [2.45, 2.75) is 219 Å². The molecule has 0 rings (SSSR count). The van der Waals surface area contributed by atoms with Gasteiger partial charge in [-0.1, -0.05) is 166 Å². The zero-order valence-corrected chi connectivity index (χ0v) is 39.8. The third-order valence-corrected chi connectivity index (χ3v) is 11.3. The number of ether oxygens (including phenoxy) is 2. The topological polar surface area (TPSA) is 111 Å². The summed E-state index contributed by atoms with van der Waals surface area (Å²) in [5.74, 6) is -0.891. The standard InChI is InChI=1S/C49H92NO8P/c1-6-8-10-12-14-16-18-20-21-22-23-24-25-26-27-28-29-30-32-33-35-37-39-41-48(51)55-45-47(46-57-59(53,54)56-44-43-50(3,4)5)58-49(52)42-40-38-36-34-31-19-17-15-13-11-9-7-2/h15,17,28-29,33,35,47H,6-14,16,18-27,30-32,34,36-46H2,1-5H3/b17-15+,29-28+,35-33+/t47-/m0/s1. The molecule has 0 aromatic heterocycles. The van der Waals surface area contributed by atoms with Crippen LogP contribution < -0.4 is 4.89 Å². The molecule has 0 N–H and O–H groups in total. The molecule has 0 aromatic carbocycles. The zero-order chi connectivity index (χ0) is 43.6. The Balaban J connectivity index is 4.27. The van der Waals surface area contributed by atoms with E-state index in [1.165, 1.54) is 109 Å². The molecule has 0 saturated carbocycles. The van der Waals surface area contributed by atoms with Gasteiger partial charge in [-0.3, -0.25) is 14.2 Å². The van der Waals surface area contributed by atoms with E-state index in [-0.39, 0.29) is 26.1 Å². The molecule has 10 heteroatoms. The van der Waals surface area contributed by atoms with E-state index in [1.807, 2.05) is 21.1 Å². The van der Waals surface area contributed by atoms with Gasteiger partial charge in [0.25, 0.3) is 7.82 Å². The highest BCUT2D eigenvalue weighted by Gasteiger charge is 2.21. The molecule has 1 unspecified atom stereocenters. The summed E-state index contributed by atoms with van der Waals surface area (Å²) in [5.41, 5.74) is 0. The summed E-state index contributed by atoms with van der Waals surface area (Å²) in [4.78, 5) is 37.5. The van der Waals surface area contributed by atoms with E-state index in [0.29, 0.717) is 23.9 Å². The number of phosphoric ester groups is 1. The van der Waals surface area contributed by atoms with Gasteiger partial charge in [0, 0.05) is 12.8 Å².